The Morgan fingerprint density at radius 1 is 1.42 bits per heavy atom. The second kappa shape index (κ2) is 7.33. The summed E-state index contributed by atoms with van der Waals surface area (Å²) in [6, 6.07) is -0.263. The second-order valence-corrected chi connectivity index (χ2v) is 5.34. The zero-order chi connectivity index (χ0) is 14.3. The normalized spacial score (nSPS) is 23.9. The van der Waals surface area contributed by atoms with E-state index in [9.17, 15) is 9.59 Å². The van der Waals surface area contributed by atoms with Crippen molar-refractivity contribution in [3.8, 4) is 0 Å². The van der Waals surface area contributed by atoms with Crippen molar-refractivity contribution in [1.82, 2.24) is 10.6 Å². The van der Waals surface area contributed by atoms with Crippen LogP contribution in [0.2, 0.25) is 0 Å². The third kappa shape index (κ3) is 5.92. The van der Waals surface area contributed by atoms with Crippen molar-refractivity contribution in [2.45, 2.75) is 45.1 Å². The molecule has 1 aliphatic heterocycles. The molecule has 6 heteroatoms. The molecule has 1 aliphatic rings. The lowest BCUT2D eigenvalue weighted by molar-refractivity contribution is -0.138. The number of hydrogen-bond donors (Lipinski definition) is 3. The molecule has 1 rings (SSSR count). The number of nitrogens with one attached hydrogen (secondary N) is 2. The Labute approximate surface area is 113 Å². The maximum Gasteiger partial charge on any atom is 0.314 e. The average Bonchev–Trinajstić information content (AvgIpc) is 2.79. The maximum absolute atomic E-state index is 11.6. The van der Waals surface area contributed by atoms with E-state index in [0.29, 0.717) is 13.1 Å². The Kier molecular flexibility index (Phi) is 6.08. The minimum absolute atomic E-state index is 0.0263. The predicted octanol–water partition coefficient (Wildman–Crippen LogP) is 1.36. The number of amides is 2. The summed E-state index contributed by atoms with van der Waals surface area (Å²) in [4.78, 5) is 22.2. The van der Waals surface area contributed by atoms with Gasteiger partial charge in [0.25, 0.3) is 0 Å². The summed E-state index contributed by atoms with van der Waals surface area (Å²) in [5.74, 6) is -0.859. The average molecular weight is 272 g/mol. The largest absolute Gasteiger partial charge is 0.481 e. The zero-order valence-corrected chi connectivity index (χ0v) is 11.7. The zero-order valence-electron chi connectivity index (χ0n) is 11.7. The Morgan fingerprint density at radius 3 is 2.68 bits per heavy atom. The minimum Gasteiger partial charge on any atom is -0.481 e. The van der Waals surface area contributed by atoms with E-state index in [1.807, 2.05) is 13.8 Å². The maximum atomic E-state index is 11.6. The first-order valence-electron chi connectivity index (χ1n) is 6.82. The lowest BCUT2D eigenvalue weighted by Crippen LogP contribution is -2.45. The molecule has 1 heterocycles. The highest BCUT2D eigenvalue weighted by atomic mass is 16.5. The van der Waals surface area contributed by atoms with Crippen molar-refractivity contribution in [3.05, 3.63) is 0 Å². The first-order chi connectivity index (χ1) is 8.95. The van der Waals surface area contributed by atoms with Crippen LogP contribution in [0.25, 0.3) is 0 Å². The molecule has 0 aliphatic carbocycles. The molecule has 2 unspecified atom stereocenters. The highest BCUT2D eigenvalue weighted by molar-refractivity contribution is 5.74. The molecular formula is C13H24N2O4. The van der Waals surface area contributed by atoms with Crippen LogP contribution >= 0.6 is 0 Å². The molecule has 0 radical (unpaired) electrons. The van der Waals surface area contributed by atoms with Crippen molar-refractivity contribution in [2.24, 2.45) is 5.92 Å². The number of ether oxygens (including phenoxy) is 1. The van der Waals surface area contributed by atoms with Crippen molar-refractivity contribution in [1.29, 1.82) is 0 Å². The van der Waals surface area contributed by atoms with Crippen LogP contribution < -0.4 is 10.6 Å². The van der Waals surface area contributed by atoms with Gasteiger partial charge in [-0.25, -0.2) is 4.79 Å². The molecule has 0 bridgehead atoms. The molecule has 19 heavy (non-hydrogen) atoms. The Balaban J connectivity index is 2.21. The standard InChI is InChI=1S/C13H24N2O4/c1-3-10(7-11(16)17)8-14-12(18)15-9-13(2)5-4-6-19-13/h10H,3-9H2,1-2H3,(H,16,17)(H2,14,15,18). The van der Waals surface area contributed by atoms with Gasteiger partial charge in [0, 0.05) is 26.1 Å². The fraction of sp³-hybridized carbons (Fsp3) is 0.846. The van der Waals surface area contributed by atoms with Crippen LogP contribution in [-0.2, 0) is 9.53 Å². The SMILES string of the molecule is CCC(CNC(=O)NCC1(C)CCCO1)CC(=O)O. The highest BCUT2D eigenvalue weighted by Crippen LogP contribution is 2.23. The van der Waals surface area contributed by atoms with Gasteiger partial charge in [-0.2, -0.15) is 0 Å². The van der Waals surface area contributed by atoms with Gasteiger partial charge in [-0.05, 0) is 25.7 Å². The highest BCUT2D eigenvalue weighted by Gasteiger charge is 2.30. The van der Waals surface area contributed by atoms with Gasteiger partial charge in [-0.1, -0.05) is 13.3 Å². The molecule has 0 aromatic carbocycles. The summed E-state index contributed by atoms with van der Waals surface area (Å²) in [6.07, 6.45) is 2.78. The monoisotopic (exact) mass is 272 g/mol. The molecule has 0 saturated carbocycles. The van der Waals surface area contributed by atoms with Crippen LogP contribution in [0.5, 0.6) is 0 Å². The number of urea groups is 1. The van der Waals surface area contributed by atoms with E-state index in [4.69, 9.17) is 9.84 Å². The van der Waals surface area contributed by atoms with Gasteiger partial charge in [-0.15, -0.1) is 0 Å². The molecule has 2 atom stereocenters. The second-order valence-electron chi connectivity index (χ2n) is 5.34. The first kappa shape index (κ1) is 15.8. The van der Waals surface area contributed by atoms with Gasteiger partial charge >= 0.3 is 12.0 Å². The van der Waals surface area contributed by atoms with E-state index in [-0.39, 0.29) is 24.0 Å². The summed E-state index contributed by atoms with van der Waals surface area (Å²) in [5.41, 5.74) is -0.261. The van der Waals surface area contributed by atoms with Crippen LogP contribution in [0.3, 0.4) is 0 Å². The summed E-state index contributed by atoms with van der Waals surface area (Å²) in [6.45, 7) is 5.51. The van der Waals surface area contributed by atoms with E-state index in [1.165, 1.54) is 0 Å². The van der Waals surface area contributed by atoms with Gasteiger partial charge in [0.05, 0.1) is 5.60 Å². The number of carboxylic acids is 1. The molecule has 1 saturated heterocycles. The topological polar surface area (TPSA) is 87.7 Å². The summed E-state index contributed by atoms with van der Waals surface area (Å²) in [7, 11) is 0. The molecule has 3 N–H and O–H groups in total. The minimum atomic E-state index is -0.832. The fourth-order valence-electron chi connectivity index (χ4n) is 2.15. The van der Waals surface area contributed by atoms with Crippen LogP contribution in [0.15, 0.2) is 0 Å². The third-order valence-corrected chi connectivity index (χ3v) is 3.52. The van der Waals surface area contributed by atoms with E-state index in [0.717, 1.165) is 25.9 Å². The van der Waals surface area contributed by atoms with Gasteiger partial charge < -0.3 is 20.5 Å². The van der Waals surface area contributed by atoms with Gasteiger partial charge in [0.1, 0.15) is 0 Å². The van der Waals surface area contributed by atoms with E-state index in [1.54, 1.807) is 0 Å². The number of rotatable bonds is 7. The fourth-order valence-corrected chi connectivity index (χ4v) is 2.15. The molecule has 0 aromatic heterocycles. The predicted molar refractivity (Wildman–Crippen MR) is 71.0 cm³/mol. The Bertz CT molecular complexity index is 314. The molecule has 2 amide bonds. The third-order valence-electron chi connectivity index (χ3n) is 3.52. The number of carbonyl (C=O) groups excluding carboxylic acids is 1. The molecule has 0 spiro atoms. The Morgan fingerprint density at radius 2 is 2.16 bits per heavy atom. The van der Waals surface area contributed by atoms with Gasteiger partial charge in [0.15, 0.2) is 0 Å². The van der Waals surface area contributed by atoms with Crippen LogP contribution in [-0.4, -0.2) is 42.4 Å². The molecule has 110 valence electrons. The molecule has 6 nitrogen and oxygen atoms in total. The van der Waals surface area contributed by atoms with Crippen LogP contribution in [0.1, 0.15) is 39.5 Å². The van der Waals surface area contributed by atoms with Crippen LogP contribution in [0, 0.1) is 5.92 Å². The summed E-state index contributed by atoms with van der Waals surface area (Å²) < 4.78 is 5.57. The molecule has 1 fully saturated rings. The van der Waals surface area contributed by atoms with Gasteiger partial charge in [0.2, 0.25) is 0 Å². The number of hydrogen-bond acceptors (Lipinski definition) is 3. The quantitative estimate of drug-likeness (QED) is 0.653. The number of carboxylic acid groups (broad SMARTS) is 1. The summed E-state index contributed by atoms with van der Waals surface area (Å²) in [5, 5.41) is 14.2. The smallest absolute Gasteiger partial charge is 0.314 e. The van der Waals surface area contributed by atoms with Crippen molar-refractivity contribution < 1.29 is 19.4 Å². The van der Waals surface area contributed by atoms with Crippen molar-refractivity contribution in [3.63, 3.8) is 0 Å². The number of aliphatic carboxylic acids is 1. The molecular weight excluding hydrogens is 248 g/mol. The van der Waals surface area contributed by atoms with E-state index >= 15 is 0 Å². The van der Waals surface area contributed by atoms with Crippen molar-refractivity contribution >= 4 is 12.0 Å². The van der Waals surface area contributed by atoms with Gasteiger partial charge in [-0.3, -0.25) is 4.79 Å². The number of carbonyl (C=O) groups is 2. The van der Waals surface area contributed by atoms with Crippen LogP contribution in [0.4, 0.5) is 4.79 Å². The Hall–Kier alpha value is -1.30. The van der Waals surface area contributed by atoms with E-state index in [2.05, 4.69) is 10.6 Å². The first-order valence-corrected chi connectivity index (χ1v) is 6.82. The van der Waals surface area contributed by atoms with Crippen molar-refractivity contribution in [2.75, 3.05) is 19.7 Å². The lowest BCUT2D eigenvalue weighted by Gasteiger charge is -2.23. The summed E-state index contributed by atoms with van der Waals surface area (Å²) >= 11 is 0. The molecule has 0 aromatic rings. The lowest BCUT2D eigenvalue weighted by atomic mass is 10.0. The van der Waals surface area contributed by atoms with E-state index < -0.39 is 5.97 Å².